The van der Waals surface area contributed by atoms with E-state index in [0.717, 1.165) is 81.3 Å². The molecule has 0 unspecified atom stereocenters. The van der Waals surface area contributed by atoms with E-state index in [9.17, 15) is 4.79 Å². The summed E-state index contributed by atoms with van der Waals surface area (Å²) in [4.78, 5) is 21.0. The Balaban J connectivity index is 0.930. The van der Waals surface area contributed by atoms with Gasteiger partial charge in [0.25, 0.3) is 5.91 Å². The first kappa shape index (κ1) is 22.5. The third kappa shape index (κ3) is 4.91. The molecule has 6 rings (SSSR count). The number of carbonyl (C=O) groups excluding carboxylic acids is 1. The lowest BCUT2D eigenvalue weighted by Gasteiger charge is -2.37. The van der Waals surface area contributed by atoms with E-state index in [1.807, 2.05) is 30.3 Å². The highest BCUT2D eigenvalue weighted by Gasteiger charge is 2.24. The summed E-state index contributed by atoms with van der Waals surface area (Å²) in [6.07, 6.45) is 3.51. The highest BCUT2D eigenvalue weighted by atomic mass is 32.1. The Labute approximate surface area is 209 Å². The molecule has 4 aromatic rings. The summed E-state index contributed by atoms with van der Waals surface area (Å²) in [6, 6.07) is 18.5. The molecule has 35 heavy (non-hydrogen) atoms. The Bertz CT molecular complexity index is 1270. The van der Waals surface area contributed by atoms with Gasteiger partial charge in [-0.15, -0.1) is 0 Å². The van der Waals surface area contributed by atoms with Gasteiger partial charge in [0.2, 0.25) is 0 Å². The van der Waals surface area contributed by atoms with Gasteiger partial charge in [-0.05, 0) is 67.5 Å². The molecule has 0 aliphatic carbocycles. The fourth-order valence-corrected chi connectivity index (χ4v) is 6.18. The predicted molar refractivity (Wildman–Crippen MR) is 143 cm³/mol. The number of hydrogen-bond donors (Lipinski definition) is 2. The fraction of sp³-hybridized carbons (Fsp3) is 0.407. The number of amides is 1. The molecule has 182 valence electrons. The molecule has 1 amide bonds. The molecule has 2 N–H and O–H groups in total. The van der Waals surface area contributed by atoms with E-state index in [2.05, 4.69) is 49.5 Å². The summed E-state index contributed by atoms with van der Waals surface area (Å²) in [7, 11) is 0. The Hall–Kier alpha value is -2.94. The number of rotatable bonds is 6. The smallest absolute Gasteiger partial charge is 0.282 e. The van der Waals surface area contributed by atoms with E-state index in [4.69, 9.17) is 4.37 Å². The zero-order valence-electron chi connectivity index (χ0n) is 19.9. The van der Waals surface area contributed by atoms with Crippen LogP contribution in [-0.2, 0) is 0 Å². The van der Waals surface area contributed by atoms with Crippen molar-refractivity contribution in [3.8, 4) is 0 Å². The van der Waals surface area contributed by atoms with Crippen molar-refractivity contribution in [1.29, 1.82) is 0 Å². The first-order valence-electron chi connectivity index (χ1n) is 12.7. The number of para-hydroxylation sites is 1. The predicted octanol–water partition coefficient (Wildman–Crippen LogP) is 4.35. The molecule has 2 aromatic heterocycles. The molecule has 0 bridgehead atoms. The second kappa shape index (κ2) is 9.97. The Morgan fingerprint density at radius 3 is 2.60 bits per heavy atom. The van der Waals surface area contributed by atoms with E-state index in [1.54, 1.807) is 11.5 Å². The maximum Gasteiger partial charge on any atom is 0.282 e. The average Bonchev–Trinajstić information content (AvgIpc) is 3.53. The van der Waals surface area contributed by atoms with Crippen molar-refractivity contribution < 1.29 is 4.79 Å². The molecule has 2 fully saturated rings. The summed E-state index contributed by atoms with van der Waals surface area (Å²) in [5.74, 6) is 1.84. The summed E-state index contributed by atoms with van der Waals surface area (Å²) < 4.78 is 6.01. The normalized spacial score (nSPS) is 18.5. The van der Waals surface area contributed by atoms with Gasteiger partial charge in [-0.25, -0.2) is 5.01 Å². The maximum atomic E-state index is 12.7. The van der Waals surface area contributed by atoms with Crippen LogP contribution in [0.2, 0.25) is 0 Å². The van der Waals surface area contributed by atoms with Gasteiger partial charge in [0.1, 0.15) is 11.5 Å². The van der Waals surface area contributed by atoms with Gasteiger partial charge in [-0.3, -0.25) is 15.1 Å². The number of hydrogen-bond acceptors (Lipinski definition) is 6. The number of nitrogens with one attached hydrogen (secondary N) is 2. The van der Waals surface area contributed by atoms with Gasteiger partial charge in [-0.1, -0.05) is 30.3 Å². The van der Waals surface area contributed by atoms with Crippen LogP contribution < -0.4 is 10.3 Å². The quantitative estimate of drug-likeness (QED) is 0.423. The largest absolute Gasteiger partial charge is 0.353 e. The second-order valence-electron chi connectivity index (χ2n) is 9.76. The molecule has 0 saturated carbocycles. The lowest BCUT2D eigenvalue weighted by atomic mass is 9.94. The number of piperazine rings is 1. The molecule has 2 saturated heterocycles. The molecule has 8 heteroatoms. The van der Waals surface area contributed by atoms with Gasteiger partial charge in [-0.2, -0.15) is 4.37 Å². The Morgan fingerprint density at radius 1 is 1.00 bits per heavy atom. The lowest BCUT2D eigenvalue weighted by molar-refractivity contribution is 0.0683. The summed E-state index contributed by atoms with van der Waals surface area (Å²) in [6.45, 7) is 7.30. The standard InChI is InChI=1S/C27H32N6OS/c34-27(24-19-21-5-1-3-7-23(21)28-24)29-33-13-10-20(11-14-33)9-12-31-15-17-32(18-16-31)26-22-6-2-4-8-25(22)35-30-26/h1-8,19-20,28H,9-18H2,(H,29,34). The van der Waals surface area contributed by atoms with Crippen LogP contribution in [0.15, 0.2) is 54.6 Å². The van der Waals surface area contributed by atoms with Crippen molar-refractivity contribution in [2.75, 3.05) is 50.7 Å². The first-order chi connectivity index (χ1) is 17.2. The van der Waals surface area contributed by atoms with Crippen LogP contribution in [0.4, 0.5) is 5.82 Å². The van der Waals surface area contributed by atoms with E-state index in [1.165, 1.54) is 16.5 Å². The first-order valence-corrected chi connectivity index (χ1v) is 13.5. The van der Waals surface area contributed by atoms with Crippen LogP contribution in [0, 0.1) is 5.92 Å². The number of benzene rings is 2. The van der Waals surface area contributed by atoms with E-state index >= 15 is 0 Å². The molecule has 0 atom stereocenters. The minimum Gasteiger partial charge on any atom is -0.353 e. The monoisotopic (exact) mass is 488 g/mol. The maximum absolute atomic E-state index is 12.7. The van der Waals surface area contributed by atoms with Crippen LogP contribution in [0.25, 0.3) is 21.0 Å². The SMILES string of the molecule is O=C(NN1CCC(CCN2CCN(c3nsc4ccccc34)CC2)CC1)c1cc2ccccc2[nH]1. The molecule has 4 heterocycles. The third-order valence-electron chi connectivity index (χ3n) is 7.53. The molecule has 2 aromatic carbocycles. The molecule has 0 spiro atoms. The zero-order valence-corrected chi connectivity index (χ0v) is 20.8. The van der Waals surface area contributed by atoms with Crippen molar-refractivity contribution in [2.24, 2.45) is 5.92 Å². The molecule has 0 radical (unpaired) electrons. The van der Waals surface area contributed by atoms with Gasteiger partial charge >= 0.3 is 0 Å². The molecular weight excluding hydrogens is 456 g/mol. The summed E-state index contributed by atoms with van der Waals surface area (Å²) >= 11 is 1.60. The van der Waals surface area contributed by atoms with Gasteiger partial charge < -0.3 is 9.88 Å². The fourth-order valence-electron chi connectivity index (χ4n) is 5.38. The number of H-pyrrole nitrogens is 1. The number of piperidine rings is 1. The lowest BCUT2D eigenvalue weighted by Crippen LogP contribution is -2.48. The van der Waals surface area contributed by atoms with Crippen LogP contribution >= 0.6 is 11.5 Å². The number of nitrogens with zero attached hydrogens (tertiary/aromatic N) is 4. The van der Waals surface area contributed by atoms with Crippen molar-refractivity contribution >= 4 is 44.2 Å². The number of anilines is 1. The van der Waals surface area contributed by atoms with Gasteiger partial charge in [0.05, 0.1) is 4.70 Å². The zero-order chi connectivity index (χ0) is 23.6. The van der Waals surface area contributed by atoms with Crippen LogP contribution in [-0.4, -0.2) is 71.0 Å². The number of carbonyl (C=O) groups is 1. The number of aromatic nitrogens is 2. The van der Waals surface area contributed by atoms with Gasteiger partial charge in [0, 0.05) is 55.6 Å². The summed E-state index contributed by atoms with van der Waals surface area (Å²) in [5.41, 5.74) is 4.72. The number of hydrazine groups is 1. The van der Waals surface area contributed by atoms with Crippen molar-refractivity contribution in [3.05, 3.63) is 60.3 Å². The molecule has 7 nitrogen and oxygen atoms in total. The minimum atomic E-state index is -0.0505. The molecular formula is C27H32N6OS. The van der Waals surface area contributed by atoms with Crippen LogP contribution in [0.1, 0.15) is 29.8 Å². The van der Waals surface area contributed by atoms with Gasteiger partial charge in [0.15, 0.2) is 0 Å². The Morgan fingerprint density at radius 2 is 1.77 bits per heavy atom. The summed E-state index contributed by atoms with van der Waals surface area (Å²) in [5, 5.41) is 4.44. The number of aromatic amines is 1. The Kier molecular flexibility index (Phi) is 6.41. The van der Waals surface area contributed by atoms with E-state index in [0.29, 0.717) is 5.69 Å². The van der Waals surface area contributed by atoms with Crippen molar-refractivity contribution in [1.82, 2.24) is 24.7 Å². The highest BCUT2D eigenvalue weighted by Crippen LogP contribution is 2.30. The third-order valence-corrected chi connectivity index (χ3v) is 8.35. The minimum absolute atomic E-state index is 0.0505. The molecule has 2 aliphatic heterocycles. The van der Waals surface area contributed by atoms with Crippen molar-refractivity contribution in [2.45, 2.75) is 19.3 Å². The highest BCUT2D eigenvalue weighted by molar-refractivity contribution is 7.13. The average molecular weight is 489 g/mol. The van der Waals surface area contributed by atoms with Crippen LogP contribution in [0.3, 0.4) is 0 Å². The van der Waals surface area contributed by atoms with Crippen molar-refractivity contribution in [3.63, 3.8) is 0 Å². The van der Waals surface area contributed by atoms with E-state index in [-0.39, 0.29) is 5.91 Å². The second-order valence-corrected chi connectivity index (χ2v) is 10.6. The number of fused-ring (bicyclic) bond motifs is 2. The van der Waals surface area contributed by atoms with Crippen LogP contribution in [0.5, 0.6) is 0 Å². The topological polar surface area (TPSA) is 67.5 Å². The molecule has 2 aliphatic rings. The van der Waals surface area contributed by atoms with E-state index < -0.39 is 0 Å².